The zero-order chi connectivity index (χ0) is 22.5. The molecular formula is C12H16CaKMgNaO16. The molecule has 0 saturated heterocycles. The van der Waals surface area contributed by atoms with E-state index in [1.54, 1.807) is 0 Å². The van der Waals surface area contributed by atoms with E-state index in [0.717, 1.165) is 0 Å². The van der Waals surface area contributed by atoms with Gasteiger partial charge in [0.25, 0.3) is 0 Å². The fraction of sp³-hybridized carbons (Fsp3) is 0.750. The van der Waals surface area contributed by atoms with E-state index in [0.29, 0.717) is 0 Å². The Balaban J connectivity index is -0.0000000939. The number of carbonyl (C=O) groups is 3. The average Bonchev–Trinajstić information content (AvgIpc) is 2.59. The first kappa shape index (κ1) is 47.8. The van der Waals surface area contributed by atoms with E-state index in [-0.39, 0.29) is 148 Å². The van der Waals surface area contributed by atoms with Gasteiger partial charge in [-0.05, 0) is 0 Å². The van der Waals surface area contributed by atoms with Gasteiger partial charge in [-0.3, -0.25) is 0 Å². The van der Waals surface area contributed by atoms with Gasteiger partial charge in [-0.25, -0.2) is 0 Å². The number of carboxylic acids is 3. The van der Waals surface area contributed by atoms with E-state index in [1.807, 2.05) is 0 Å². The summed E-state index contributed by atoms with van der Waals surface area (Å²) in [6.45, 7) is -1.94. The van der Waals surface area contributed by atoms with Gasteiger partial charge in [0.1, 0.15) is 23.4 Å². The fourth-order valence-corrected chi connectivity index (χ4v) is 1.57. The van der Waals surface area contributed by atoms with Crippen molar-refractivity contribution in [2.75, 3.05) is 19.8 Å². The first-order chi connectivity index (χ1) is 12.8. The van der Waals surface area contributed by atoms with Crippen molar-refractivity contribution >= 4 is 78.7 Å². The van der Waals surface area contributed by atoms with E-state index in [9.17, 15) is 55.7 Å². The Morgan fingerprint density at radius 3 is 1.69 bits per heavy atom. The smallest absolute Gasteiger partial charge is 0.723 e. The first-order valence-electron chi connectivity index (χ1n) is 6.99. The summed E-state index contributed by atoms with van der Waals surface area (Å²) < 4.78 is 0. The maximum absolute atomic E-state index is 10.2. The minimum atomic E-state index is -3.46. The van der Waals surface area contributed by atoms with Crippen LogP contribution in [0, 0.1) is 0 Å². The molecule has 16 nitrogen and oxygen atoms in total. The fourth-order valence-electron chi connectivity index (χ4n) is 1.57. The quantitative estimate of drug-likeness (QED) is 0.0953. The predicted molar refractivity (Wildman–Crippen MR) is 75.5 cm³/mol. The first-order valence-corrected chi connectivity index (χ1v) is 6.99. The minimum absolute atomic E-state index is 0. The van der Waals surface area contributed by atoms with Crippen molar-refractivity contribution in [3.63, 3.8) is 0 Å². The van der Waals surface area contributed by atoms with Crippen LogP contribution in [-0.2, 0) is 29.0 Å². The van der Waals surface area contributed by atoms with Crippen LogP contribution in [-0.4, -0.2) is 142 Å². The SMILES string of the molecule is O=C([O-])CC(O)(C(=O)[O-])C(O)C(=O)[O-].[Ca+2].[K+].[Mg+2].[Na+].[O-]OCCC(O)(CO[O-])C(O)CO[O-]. The number of aliphatic carboxylic acids is 3. The molecule has 32 heavy (non-hydrogen) atoms. The number of hydrogen-bond donors (Lipinski definition) is 4. The van der Waals surface area contributed by atoms with Gasteiger partial charge in [-0.2, -0.15) is 0 Å². The Morgan fingerprint density at radius 2 is 1.41 bits per heavy atom. The molecule has 0 aliphatic carbocycles. The number of rotatable bonds is 13. The zero-order valence-corrected chi connectivity index (χ0v) is 26.0. The molecule has 0 aromatic heterocycles. The summed E-state index contributed by atoms with van der Waals surface area (Å²) in [5, 5.41) is 95.6. The Kier molecular flexibility index (Phi) is 37.8. The van der Waals surface area contributed by atoms with E-state index in [4.69, 9.17) is 10.2 Å². The predicted octanol–water partition coefficient (Wildman–Crippen LogP) is -17.7. The molecule has 0 amide bonds. The summed E-state index contributed by atoms with van der Waals surface area (Å²) in [6.07, 6.45) is -6.50. The van der Waals surface area contributed by atoms with Crippen LogP contribution in [0.2, 0.25) is 0 Å². The van der Waals surface area contributed by atoms with Crippen LogP contribution in [0.5, 0.6) is 0 Å². The summed E-state index contributed by atoms with van der Waals surface area (Å²) in [5.41, 5.74) is -5.48. The average molecular weight is 543 g/mol. The maximum atomic E-state index is 10.2. The third-order valence-electron chi connectivity index (χ3n) is 3.22. The van der Waals surface area contributed by atoms with Crippen molar-refractivity contribution in [1.82, 2.24) is 0 Å². The molecule has 4 unspecified atom stereocenters. The van der Waals surface area contributed by atoms with Gasteiger partial charge in [0, 0.05) is 25.4 Å². The van der Waals surface area contributed by atoms with Crippen molar-refractivity contribution in [3.8, 4) is 0 Å². The summed E-state index contributed by atoms with van der Waals surface area (Å²) in [5.74, 6) is -6.84. The molecule has 0 heterocycles. The van der Waals surface area contributed by atoms with Crippen LogP contribution in [0.4, 0.5) is 0 Å². The molecule has 4 N–H and O–H groups in total. The summed E-state index contributed by atoms with van der Waals surface area (Å²) in [6, 6.07) is 0. The molecule has 0 aliphatic rings. The second-order valence-electron chi connectivity index (χ2n) is 5.22. The molecule has 0 aromatic rings. The number of carboxylic acid groups (broad SMARTS) is 3. The molecule has 4 atom stereocenters. The normalized spacial score (nSPS) is 15.1. The van der Waals surface area contributed by atoms with Crippen LogP contribution >= 0.6 is 0 Å². The summed E-state index contributed by atoms with van der Waals surface area (Å²) in [4.78, 5) is 40.3. The van der Waals surface area contributed by atoms with Gasteiger partial charge in [0.15, 0.2) is 0 Å². The van der Waals surface area contributed by atoms with Crippen LogP contribution in [0.1, 0.15) is 12.8 Å². The number of aliphatic hydroxyl groups is 4. The van der Waals surface area contributed by atoms with Gasteiger partial charge in [-0.1, -0.05) is 0 Å². The molecule has 0 saturated carbocycles. The molecule has 0 radical (unpaired) electrons. The van der Waals surface area contributed by atoms with Crippen LogP contribution in [0.25, 0.3) is 0 Å². The summed E-state index contributed by atoms with van der Waals surface area (Å²) in [7, 11) is 0. The molecule has 0 fully saturated rings. The third kappa shape index (κ3) is 18.9. The van der Waals surface area contributed by atoms with Gasteiger partial charge in [0.05, 0.1) is 25.2 Å². The van der Waals surface area contributed by atoms with Crippen molar-refractivity contribution in [1.29, 1.82) is 0 Å². The second-order valence-corrected chi connectivity index (χ2v) is 5.22. The van der Waals surface area contributed by atoms with Crippen molar-refractivity contribution < 1.29 is 162 Å². The second kappa shape index (κ2) is 25.3. The Morgan fingerprint density at radius 1 is 0.938 bits per heavy atom. The van der Waals surface area contributed by atoms with Crippen molar-refractivity contribution in [2.45, 2.75) is 36.3 Å². The van der Waals surface area contributed by atoms with E-state index < -0.39 is 67.6 Å². The maximum Gasteiger partial charge on any atom is 2.00 e. The topological polar surface area (TPSA) is 298 Å². The van der Waals surface area contributed by atoms with Gasteiger partial charge in [-0.15, -0.1) is 0 Å². The molecular weight excluding hydrogens is 527 g/mol. The Labute approximate surface area is 291 Å². The van der Waals surface area contributed by atoms with Crippen LogP contribution in [0.15, 0.2) is 0 Å². The molecule has 0 spiro atoms. The number of aliphatic hydroxyl groups excluding tert-OH is 2. The number of hydrogen-bond acceptors (Lipinski definition) is 16. The monoisotopic (exact) mass is 542 g/mol. The molecule has 0 aromatic carbocycles. The van der Waals surface area contributed by atoms with Gasteiger partial charge in [0.2, 0.25) is 0 Å². The third-order valence-corrected chi connectivity index (χ3v) is 3.22. The molecule has 0 bridgehead atoms. The molecule has 0 rings (SSSR count). The van der Waals surface area contributed by atoms with Gasteiger partial charge < -0.3 is 80.6 Å². The Bertz CT molecular complexity index is 521. The van der Waals surface area contributed by atoms with Crippen LogP contribution < -0.4 is 112 Å². The van der Waals surface area contributed by atoms with Crippen molar-refractivity contribution in [2.24, 2.45) is 0 Å². The molecule has 0 aliphatic heterocycles. The summed E-state index contributed by atoms with van der Waals surface area (Å²) >= 11 is 0. The van der Waals surface area contributed by atoms with E-state index in [2.05, 4.69) is 14.7 Å². The van der Waals surface area contributed by atoms with Crippen LogP contribution in [0.3, 0.4) is 0 Å². The molecule has 166 valence electrons. The zero-order valence-electron chi connectivity index (χ0n) is 17.3. The van der Waals surface area contributed by atoms with Gasteiger partial charge >= 0.3 is 142 Å². The number of carbonyl (C=O) groups excluding carboxylic acids is 3. The van der Waals surface area contributed by atoms with E-state index >= 15 is 0 Å². The molecule has 20 heteroatoms. The van der Waals surface area contributed by atoms with Crippen molar-refractivity contribution in [3.05, 3.63) is 0 Å². The minimum Gasteiger partial charge on any atom is -0.723 e. The van der Waals surface area contributed by atoms with E-state index in [1.165, 1.54) is 0 Å². The largest absolute Gasteiger partial charge is 2.00 e. The Hall–Kier alpha value is 2.67. The standard InChI is InChI=1S/C6H14O8.C6H8O8.Ca.K.Mg.Na/c7-5(3-13-10)6(8,4-14-11)1-2-12-9;7-2(8)1-6(14,5(12)13)3(9)4(10)11;;;;/h5,7-11H,1-4H2;3,9,14H,1H2,(H,7,8)(H,10,11)(H,12,13);;;;/q;;+2;+1;+2;+1/p-6.